The molecule has 3 N–H and O–H groups in total. The van der Waals surface area contributed by atoms with E-state index in [1.807, 2.05) is 31.2 Å². The van der Waals surface area contributed by atoms with Crippen LogP contribution in [0.4, 0.5) is 4.79 Å². The highest BCUT2D eigenvalue weighted by Gasteiger charge is 2.29. The van der Waals surface area contributed by atoms with E-state index in [1.165, 1.54) is 22.3 Å². The van der Waals surface area contributed by atoms with Gasteiger partial charge in [0.15, 0.2) is 0 Å². The molecule has 2 amide bonds. The van der Waals surface area contributed by atoms with Gasteiger partial charge in [-0.05, 0) is 66.7 Å². The van der Waals surface area contributed by atoms with E-state index in [0.717, 1.165) is 19.3 Å². The number of rotatable bonds is 10. The summed E-state index contributed by atoms with van der Waals surface area (Å²) in [6.45, 7) is 2.71. The smallest absolute Gasteiger partial charge is 0.407 e. The molecule has 2 aromatic rings. The fourth-order valence-electron chi connectivity index (χ4n) is 5.40. The molecule has 35 heavy (non-hydrogen) atoms. The molecule has 3 unspecified atom stereocenters. The van der Waals surface area contributed by atoms with Crippen LogP contribution in [0.5, 0.6) is 0 Å². The first-order valence-electron chi connectivity index (χ1n) is 12.5. The maximum Gasteiger partial charge on any atom is 0.407 e. The van der Waals surface area contributed by atoms with Crippen molar-refractivity contribution in [3.05, 3.63) is 59.7 Å². The summed E-state index contributed by atoms with van der Waals surface area (Å²) in [6.07, 6.45) is 3.29. The zero-order valence-electron chi connectivity index (χ0n) is 20.2. The van der Waals surface area contributed by atoms with Gasteiger partial charge in [0.05, 0.1) is 0 Å². The van der Waals surface area contributed by atoms with Crippen molar-refractivity contribution in [2.24, 2.45) is 11.8 Å². The quantitative estimate of drug-likeness (QED) is 0.459. The van der Waals surface area contributed by atoms with E-state index in [-0.39, 0.29) is 36.8 Å². The van der Waals surface area contributed by atoms with Gasteiger partial charge in [-0.25, -0.2) is 4.79 Å². The van der Waals surface area contributed by atoms with Crippen molar-refractivity contribution in [1.29, 1.82) is 0 Å². The minimum atomic E-state index is -0.752. The normalized spacial score (nSPS) is 19.5. The highest BCUT2D eigenvalue weighted by Crippen LogP contribution is 2.44. The van der Waals surface area contributed by atoms with Crippen molar-refractivity contribution >= 4 is 18.0 Å². The molecule has 7 heteroatoms. The van der Waals surface area contributed by atoms with E-state index in [9.17, 15) is 14.4 Å². The fourth-order valence-corrected chi connectivity index (χ4v) is 5.40. The fraction of sp³-hybridized carbons (Fsp3) is 0.464. The molecular formula is C28H34N2O5. The summed E-state index contributed by atoms with van der Waals surface area (Å²) in [5, 5.41) is 14.7. The van der Waals surface area contributed by atoms with E-state index in [2.05, 4.69) is 34.9 Å². The van der Waals surface area contributed by atoms with Crippen LogP contribution in [0.1, 0.15) is 62.5 Å². The Labute approximate surface area is 206 Å². The molecule has 0 spiro atoms. The molecule has 0 heterocycles. The summed E-state index contributed by atoms with van der Waals surface area (Å²) in [7, 11) is 0. The number of hydrogen-bond donors (Lipinski definition) is 3. The van der Waals surface area contributed by atoms with E-state index in [1.54, 1.807) is 0 Å². The van der Waals surface area contributed by atoms with Crippen molar-refractivity contribution in [3.63, 3.8) is 0 Å². The van der Waals surface area contributed by atoms with Crippen LogP contribution >= 0.6 is 0 Å². The van der Waals surface area contributed by atoms with Crippen LogP contribution in [-0.2, 0) is 14.3 Å². The summed E-state index contributed by atoms with van der Waals surface area (Å²) in [4.78, 5) is 35.5. The van der Waals surface area contributed by atoms with Crippen LogP contribution in [0.3, 0.4) is 0 Å². The lowest BCUT2D eigenvalue weighted by Crippen LogP contribution is -2.35. The zero-order valence-corrected chi connectivity index (χ0v) is 20.2. The predicted molar refractivity (Wildman–Crippen MR) is 133 cm³/mol. The molecule has 2 aliphatic carbocycles. The maximum atomic E-state index is 12.4. The number of ether oxygens (including phenoxy) is 1. The Kier molecular flexibility index (Phi) is 8.06. The predicted octanol–water partition coefficient (Wildman–Crippen LogP) is 4.70. The van der Waals surface area contributed by atoms with Gasteiger partial charge in [-0.2, -0.15) is 0 Å². The third-order valence-electron chi connectivity index (χ3n) is 7.21. The summed E-state index contributed by atoms with van der Waals surface area (Å²) in [6, 6.07) is 16.2. The summed E-state index contributed by atoms with van der Waals surface area (Å²) >= 11 is 0. The first-order chi connectivity index (χ1) is 16.9. The largest absolute Gasteiger partial charge is 0.481 e. The number of nitrogens with one attached hydrogen (secondary N) is 2. The molecule has 1 saturated carbocycles. The van der Waals surface area contributed by atoms with Crippen LogP contribution in [0.25, 0.3) is 11.1 Å². The van der Waals surface area contributed by atoms with Crippen molar-refractivity contribution in [2.75, 3.05) is 13.2 Å². The Morgan fingerprint density at radius 3 is 2.29 bits per heavy atom. The van der Waals surface area contributed by atoms with E-state index < -0.39 is 12.1 Å². The van der Waals surface area contributed by atoms with Crippen LogP contribution < -0.4 is 10.6 Å². The molecule has 4 rings (SSSR count). The number of carboxylic acids is 1. The molecule has 3 atom stereocenters. The minimum Gasteiger partial charge on any atom is -0.481 e. The third-order valence-corrected chi connectivity index (χ3v) is 7.21. The Hall–Kier alpha value is -3.35. The zero-order chi connectivity index (χ0) is 24.8. The monoisotopic (exact) mass is 478 g/mol. The Morgan fingerprint density at radius 1 is 1.00 bits per heavy atom. The van der Waals surface area contributed by atoms with Gasteiger partial charge < -0.3 is 20.5 Å². The van der Waals surface area contributed by atoms with Crippen LogP contribution in [0.2, 0.25) is 0 Å². The lowest BCUT2D eigenvalue weighted by Gasteiger charge is -2.17. The molecule has 2 aromatic carbocycles. The van der Waals surface area contributed by atoms with Crippen LogP contribution in [-0.4, -0.2) is 42.3 Å². The summed E-state index contributed by atoms with van der Waals surface area (Å²) < 4.78 is 5.58. The number of fused-ring (bicyclic) bond motifs is 3. The number of carbonyl (C=O) groups is 3. The second kappa shape index (κ2) is 11.4. The molecule has 2 aliphatic rings. The van der Waals surface area contributed by atoms with Crippen LogP contribution in [0.15, 0.2) is 48.5 Å². The number of hydrogen-bond acceptors (Lipinski definition) is 4. The lowest BCUT2D eigenvalue weighted by molar-refractivity contribution is -0.138. The van der Waals surface area contributed by atoms with Gasteiger partial charge in [-0.3, -0.25) is 9.59 Å². The second-order valence-corrected chi connectivity index (χ2v) is 9.86. The number of amides is 2. The number of benzene rings is 2. The topological polar surface area (TPSA) is 105 Å². The minimum absolute atomic E-state index is 0.0138. The Balaban J connectivity index is 1.16. The molecular weight excluding hydrogens is 444 g/mol. The number of alkyl carbamates (subject to hydrolysis) is 1. The second-order valence-electron chi connectivity index (χ2n) is 9.86. The first-order valence-corrected chi connectivity index (χ1v) is 12.5. The van der Waals surface area contributed by atoms with Gasteiger partial charge in [0.25, 0.3) is 0 Å². The Bertz CT molecular complexity index is 1020. The van der Waals surface area contributed by atoms with Gasteiger partial charge >= 0.3 is 12.1 Å². The molecule has 0 aliphatic heterocycles. The molecule has 186 valence electrons. The van der Waals surface area contributed by atoms with E-state index >= 15 is 0 Å². The molecule has 0 saturated heterocycles. The highest BCUT2D eigenvalue weighted by atomic mass is 16.5. The highest BCUT2D eigenvalue weighted by molar-refractivity contribution is 5.79. The van der Waals surface area contributed by atoms with E-state index in [0.29, 0.717) is 25.3 Å². The number of aliphatic carboxylic acids is 1. The van der Waals surface area contributed by atoms with Crippen molar-refractivity contribution < 1.29 is 24.2 Å². The maximum absolute atomic E-state index is 12.4. The van der Waals surface area contributed by atoms with Gasteiger partial charge in [0, 0.05) is 31.3 Å². The van der Waals surface area contributed by atoms with Gasteiger partial charge in [-0.15, -0.1) is 0 Å². The van der Waals surface area contributed by atoms with Gasteiger partial charge in [-0.1, -0.05) is 48.5 Å². The Morgan fingerprint density at radius 2 is 1.63 bits per heavy atom. The summed E-state index contributed by atoms with van der Waals surface area (Å²) in [5.41, 5.74) is 4.71. The van der Waals surface area contributed by atoms with Crippen molar-refractivity contribution in [3.8, 4) is 11.1 Å². The average Bonchev–Trinajstić information content (AvgIpc) is 3.41. The van der Waals surface area contributed by atoms with Gasteiger partial charge in [0.1, 0.15) is 6.61 Å². The molecule has 0 bridgehead atoms. The third kappa shape index (κ3) is 6.41. The molecule has 7 nitrogen and oxygen atoms in total. The number of carbonyl (C=O) groups excluding carboxylic acids is 2. The lowest BCUT2D eigenvalue weighted by atomic mass is 9.98. The summed E-state index contributed by atoms with van der Waals surface area (Å²) in [5.74, 6) is -0.221. The van der Waals surface area contributed by atoms with Gasteiger partial charge in [0.2, 0.25) is 5.91 Å². The van der Waals surface area contributed by atoms with Crippen molar-refractivity contribution in [2.45, 2.75) is 57.4 Å². The molecule has 0 radical (unpaired) electrons. The SMILES string of the molecule is CC(CCC(=O)NCC1CCC(CC(=O)O)C1)NC(=O)OCC1c2ccccc2-c2ccccc21. The van der Waals surface area contributed by atoms with Crippen LogP contribution in [0, 0.1) is 11.8 Å². The van der Waals surface area contributed by atoms with E-state index in [4.69, 9.17) is 9.84 Å². The van der Waals surface area contributed by atoms with Crippen molar-refractivity contribution in [1.82, 2.24) is 10.6 Å². The molecule has 0 aromatic heterocycles. The average molecular weight is 479 g/mol. The number of carboxylic acid groups (broad SMARTS) is 1. The standard InChI is InChI=1S/C28H34N2O5/c1-18(10-13-26(31)29-16-20-12-11-19(14-20)15-27(32)33)30-28(34)35-17-25-23-8-4-2-6-21(23)22-7-3-5-9-24(22)25/h2-9,18-20,25H,10-17H2,1H3,(H,29,31)(H,30,34)(H,32,33). The molecule has 1 fully saturated rings. The first kappa shape index (κ1) is 24.8.